The number of nitrogens with one attached hydrogen (secondary N) is 1. The summed E-state index contributed by atoms with van der Waals surface area (Å²) in [6.07, 6.45) is 4.45. The van der Waals surface area contributed by atoms with E-state index in [4.69, 9.17) is 10.5 Å². The number of aromatic nitrogens is 4. The molecule has 1 amide bonds. The van der Waals surface area contributed by atoms with Crippen LogP contribution >= 0.6 is 0 Å². The van der Waals surface area contributed by atoms with Crippen LogP contribution in [0.2, 0.25) is 0 Å². The van der Waals surface area contributed by atoms with Crippen molar-refractivity contribution < 1.29 is 14.6 Å². The first kappa shape index (κ1) is 19.6. The SMILES string of the molecule is Cn1nccc1C(=O)N[C@]1(C)CC2(CCN(c3nccc(N)n3)CC2)OC[C@H]1O. The van der Waals surface area contributed by atoms with Crippen molar-refractivity contribution in [1.29, 1.82) is 0 Å². The lowest BCUT2D eigenvalue weighted by Crippen LogP contribution is -2.65. The number of carbonyl (C=O) groups is 1. The quantitative estimate of drug-likeness (QED) is 0.660. The Morgan fingerprint density at radius 3 is 2.76 bits per heavy atom. The van der Waals surface area contributed by atoms with Crippen LogP contribution in [0.1, 0.15) is 36.7 Å². The van der Waals surface area contributed by atoms with Gasteiger partial charge in [0.2, 0.25) is 5.95 Å². The molecule has 0 unspecified atom stereocenters. The molecule has 0 aliphatic carbocycles. The number of amides is 1. The number of hydrogen-bond donors (Lipinski definition) is 3. The molecule has 10 nitrogen and oxygen atoms in total. The molecule has 2 aliphatic heterocycles. The highest BCUT2D eigenvalue weighted by molar-refractivity contribution is 5.93. The second kappa shape index (κ2) is 7.27. The number of aliphatic hydroxyl groups excluding tert-OH is 1. The van der Waals surface area contributed by atoms with Crippen molar-refractivity contribution in [2.45, 2.75) is 43.4 Å². The topological polar surface area (TPSA) is 131 Å². The number of aryl methyl sites for hydroxylation is 1. The van der Waals surface area contributed by atoms with Crippen LogP contribution < -0.4 is 16.0 Å². The molecule has 29 heavy (non-hydrogen) atoms. The standard InChI is InChI=1S/C19H27N7O3/c1-18(24-16(28)13-3-8-22-25(13)2)12-19(29-11-14(18)27)5-9-26(10-6-19)17-21-7-4-15(20)23-17/h3-4,7-8,14,27H,5-6,9-12H2,1-2H3,(H,24,28)(H2,20,21,23)/t14-,18-/m1/s1. The highest BCUT2D eigenvalue weighted by Crippen LogP contribution is 2.40. The van der Waals surface area contributed by atoms with E-state index >= 15 is 0 Å². The molecule has 2 atom stereocenters. The van der Waals surface area contributed by atoms with Crippen LogP contribution in [0.4, 0.5) is 11.8 Å². The number of ether oxygens (including phenoxy) is 1. The molecule has 2 aliphatic rings. The van der Waals surface area contributed by atoms with Gasteiger partial charge in [0.25, 0.3) is 5.91 Å². The van der Waals surface area contributed by atoms with Gasteiger partial charge in [0.15, 0.2) is 0 Å². The predicted octanol–water partition coefficient (Wildman–Crippen LogP) is 0.101. The van der Waals surface area contributed by atoms with Crippen molar-refractivity contribution in [3.8, 4) is 0 Å². The van der Waals surface area contributed by atoms with Gasteiger partial charge < -0.3 is 25.8 Å². The van der Waals surface area contributed by atoms with Crippen molar-refractivity contribution in [3.05, 3.63) is 30.2 Å². The van der Waals surface area contributed by atoms with Gasteiger partial charge in [-0.2, -0.15) is 10.1 Å². The highest BCUT2D eigenvalue weighted by Gasteiger charge is 2.50. The normalized spacial score (nSPS) is 26.4. The third-order valence-corrected chi connectivity index (χ3v) is 6.05. The lowest BCUT2D eigenvalue weighted by molar-refractivity contribution is -0.167. The molecule has 0 aromatic carbocycles. The van der Waals surface area contributed by atoms with Crippen molar-refractivity contribution in [1.82, 2.24) is 25.1 Å². The summed E-state index contributed by atoms with van der Waals surface area (Å²) in [6.45, 7) is 3.48. The Morgan fingerprint density at radius 1 is 1.34 bits per heavy atom. The number of aliphatic hydroxyl groups is 1. The van der Waals surface area contributed by atoms with Gasteiger partial charge in [-0.1, -0.05) is 0 Å². The molecule has 0 radical (unpaired) electrons. The second-order valence-corrected chi connectivity index (χ2v) is 8.17. The highest BCUT2D eigenvalue weighted by atomic mass is 16.5. The summed E-state index contributed by atoms with van der Waals surface area (Å²) in [4.78, 5) is 23.4. The van der Waals surface area contributed by atoms with Crippen LogP contribution in [0.3, 0.4) is 0 Å². The summed E-state index contributed by atoms with van der Waals surface area (Å²) < 4.78 is 7.63. The number of piperidine rings is 1. The molecule has 2 saturated heterocycles. The number of rotatable bonds is 3. The molecule has 4 N–H and O–H groups in total. The van der Waals surface area contributed by atoms with E-state index in [1.165, 1.54) is 4.68 Å². The third kappa shape index (κ3) is 3.77. The van der Waals surface area contributed by atoms with Gasteiger partial charge in [0, 0.05) is 39.0 Å². The molecule has 156 valence electrons. The van der Waals surface area contributed by atoms with Crippen molar-refractivity contribution in [3.63, 3.8) is 0 Å². The molecule has 2 aromatic heterocycles. The minimum absolute atomic E-state index is 0.178. The van der Waals surface area contributed by atoms with Gasteiger partial charge in [-0.25, -0.2) is 4.98 Å². The number of nitrogens with zero attached hydrogens (tertiary/aromatic N) is 5. The average molecular weight is 401 g/mol. The monoisotopic (exact) mass is 401 g/mol. The zero-order valence-electron chi connectivity index (χ0n) is 16.7. The van der Waals surface area contributed by atoms with Crippen LogP contribution in [-0.4, -0.2) is 67.7 Å². The summed E-state index contributed by atoms with van der Waals surface area (Å²) in [5.41, 5.74) is 5.02. The third-order valence-electron chi connectivity index (χ3n) is 6.05. The first-order valence-corrected chi connectivity index (χ1v) is 9.76. The van der Waals surface area contributed by atoms with Gasteiger partial charge in [-0.15, -0.1) is 0 Å². The number of hydrogen-bond acceptors (Lipinski definition) is 8. The molecule has 0 bridgehead atoms. The van der Waals surface area contributed by atoms with Gasteiger partial charge in [-0.05, 0) is 31.9 Å². The van der Waals surface area contributed by atoms with E-state index < -0.39 is 17.2 Å². The largest absolute Gasteiger partial charge is 0.388 e. The maximum atomic E-state index is 12.7. The van der Waals surface area contributed by atoms with Crippen LogP contribution in [0.5, 0.6) is 0 Å². The van der Waals surface area contributed by atoms with Gasteiger partial charge >= 0.3 is 0 Å². The van der Waals surface area contributed by atoms with Crippen LogP contribution in [0.15, 0.2) is 24.5 Å². The smallest absolute Gasteiger partial charge is 0.270 e. The van der Waals surface area contributed by atoms with E-state index in [0.29, 0.717) is 37.0 Å². The fraction of sp³-hybridized carbons (Fsp3) is 0.579. The molecular formula is C19H27N7O3. The lowest BCUT2D eigenvalue weighted by Gasteiger charge is -2.51. The fourth-order valence-corrected chi connectivity index (χ4v) is 4.27. The predicted molar refractivity (Wildman–Crippen MR) is 106 cm³/mol. The molecule has 4 rings (SSSR count). The van der Waals surface area contributed by atoms with Gasteiger partial charge in [-0.3, -0.25) is 9.48 Å². The Hall–Kier alpha value is -2.72. The summed E-state index contributed by atoms with van der Waals surface area (Å²) in [5.74, 6) is 0.801. The molecular weight excluding hydrogens is 374 g/mol. The van der Waals surface area contributed by atoms with Crippen LogP contribution in [-0.2, 0) is 11.8 Å². The summed E-state index contributed by atoms with van der Waals surface area (Å²) in [6, 6.07) is 3.32. The second-order valence-electron chi connectivity index (χ2n) is 8.17. The Bertz CT molecular complexity index is 893. The van der Waals surface area contributed by atoms with Crippen LogP contribution in [0.25, 0.3) is 0 Å². The molecule has 2 aromatic rings. The zero-order chi connectivity index (χ0) is 20.6. The first-order valence-electron chi connectivity index (χ1n) is 9.76. The first-order chi connectivity index (χ1) is 13.8. The van der Waals surface area contributed by atoms with E-state index in [0.717, 1.165) is 12.8 Å². The minimum atomic E-state index is -0.796. The molecule has 0 saturated carbocycles. The Labute approximate surface area is 169 Å². The summed E-state index contributed by atoms with van der Waals surface area (Å²) >= 11 is 0. The lowest BCUT2D eigenvalue weighted by atomic mass is 9.74. The van der Waals surface area contributed by atoms with Gasteiger partial charge in [0.1, 0.15) is 17.6 Å². The molecule has 1 spiro atoms. The van der Waals surface area contributed by atoms with E-state index in [1.807, 2.05) is 6.92 Å². The van der Waals surface area contributed by atoms with E-state index in [1.54, 1.807) is 31.6 Å². The van der Waals surface area contributed by atoms with E-state index in [-0.39, 0.29) is 12.5 Å². The maximum Gasteiger partial charge on any atom is 0.270 e. The summed E-state index contributed by atoms with van der Waals surface area (Å²) in [7, 11) is 1.72. The Kier molecular flexibility index (Phi) is 4.91. The van der Waals surface area contributed by atoms with Crippen molar-refractivity contribution >= 4 is 17.7 Å². The zero-order valence-corrected chi connectivity index (χ0v) is 16.7. The van der Waals surface area contributed by atoms with Crippen molar-refractivity contribution in [2.75, 3.05) is 30.3 Å². The van der Waals surface area contributed by atoms with Crippen molar-refractivity contribution in [2.24, 2.45) is 7.05 Å². The number of nitrogen functional groups attached to an aromatic ring is 1. The Balaban J connectivity index is 1.46. The number of nitrogens with two attached hydrogens (primary N) is 1. The maximum absolute atomic E-state index is 12.7. The average Bonchev–Trinajstić information content (AvgIpc) is 3.12. The summed E-state index contributed by atoms with van der Waals surface area (Å²) in [5, 5.41) is 17.7. The van der Waals surface area contributed by atoms with Gasteiger partial charge in [0.05, 0.1) is 17.7 Å². The molecule has 2 fully saturated rings. The fourth-order valence-electron chi connectivity index (χ4n) is 4.27. The molecule has 4 heterocycles. The van der Waals surface area contributed by atoms with E-state index in [2.05, 4.69) is 25.3 Å². The van der Waals surface area contributed by atoms with E-state index in [9.17, 15) is 9.90 Å². The minimum Gasteiger partial charge on any atom is -0.388 e. The number of anilines is 2. The van der Waals surface area contributed by atoms with Crippen LogP contribution in [0, 0.1) is 0 Å². The Morgan fingerprint density at radius 2 is 2.10 bits per heavy atom. The molecule has 10 heteroatoms. The number of carbonyl (C=O) groups excluding carboxylic acids is 1.